The van der Waals surface area contributed by atoms with Gasteiger partial charge < -0.3 is 9.52 Å². The molecule has 0 aliphatic heterocycles. The second-order valence-corrected chi connectivity index (χ2v) is 7.25. The highest BCUT2D eigenvalue weighted by Gasteiger charge is 2.10. The van der Waals surface area contributed by atoms with Gasteiger partial charge in [0.1, 0.15) is 11.5 Å². The Morgan fingerprint density at radius 3 is 1.80 bits per heavy atom. The standard InChI is InChI=1S/C22H38O3/c1-3-5-7-9-10-11-12-13-14-16-19-18-21(23)20(22(24)25-19)17-15-8-6-4-2/h18,23H,3-17H2,1-2H3. The smallest absolute Gasteiger partial charge is 0.342 e. The van der Waals surface area contributed by atoms with Crippen LogP contribution in [0, 0.1) is 0 Å². The van der Waals surface area contributed by atoms with E-state index in [4.69, 9.17) is 4.42 Å². The van der Waals surface area contributed by atoms with Crippen molar-refractivity contribution in [1.29, 1.82) is 0 Å². The van der Waals surface area contributed by atoms with E-state index in [1.54, 1.807) is 6.07 Å². The van der Waals surface area contributed by atoms with Gasteiger partial charge in [0.15, 0.2) is 0 Å². The van der Waals surface area contributed by atoms with Crippen LogP contribution in [0.5, 0.6) is 5.75 Å². The van der Waals surface area contributed by atoms with Crippen molar-refractivity contribution in [2.45, 2.75) is 110 Å². The second-order valence-electron chi connectivity index (χ2n) is 7.25. The molecule has 0 unspecified atom stereocenters. The molecule has 0 amide bonds. The minimum atomic E-state index is -0.345. The molecular formula is C22H38O3. The Kier molecular flexibility index (Phi) is 12.2. The molecule has 0 aliphatic carbocycles. The first kappa shape index (κ1) is 21.8. The molecule has 1 aromatic heterocycles. The Labute approximate surface area is 153 Å². The van der Waals surface area contributed by atoms with Crippen molar-refractivity contribution in [2.75, 3.05) is 0 Å². The van der Waals surface area contributed by atoms with E-state index in [2.05, 4.69) is 13.8 Å². The van der Waals surface area contributed by atoms with E-state index >= 15 is 0 Å². The van der Waals surface area contributed by atoms with Gasteiger partial charge in [-0.25, -0.2) is 4.79 Å². The Bertz CT molecular complexity index is 504. The Balaban J connectivity index is 2.25. The van der Waals surface area contributed by atoms with E-state index < -0.39 is 0 Å². The van der Waals surface area contributed by atoms with Crippen molar-refractivity contribution >= 4 is 0 Å². The highest BCUT2D eigenvalue weighted by atomic mass is 16.4. The van der Waals surface area contributed by atoms with Crippen molar-refractivity contribution in [3.63, 3.8) is 0 Å². The number of rotatable bonds is 15. The normalized spacial score (nSPS) is 11.1. The van der Waals surface area contributed by atoms with Crippen molar-refractivity contribution in [3.8, 4) is 5.75 Å². The maximum atomic E-state index is 12.1. The fourth-order valence-electron chi connectivity index (χ4n) is 3.25. The molecule has 0 fully saturated rings. The van der Waals surface area contributed by atoms with Crippen LogP contribution in [0.3, 0.4) is 0 Å². The summed E-state index contributed by atoms with van der Waals surface area (Å²) in [6.07, 6.45) is 17.2. The van der Waals surface area contributed by atoms with Gasteiger partial charge in [-0.1, -0.05) is 84.5 Å². The van der Waals surface area contributed by atoms with Crippen LogP contribution < -0.4 is 5.63 Å². The van der Waals surface area contributed by atoms with E-state index in [0.29, 0.717) is 17.7 Å². The van der Waals surface area contributed by atoms with Gasteiger partial charge in [-0.2, -0.15) is 0 Å². The summed E-state index contributed by atoms with van der Waals surface area (Å²) in [6, 6.07) is 1.65. The maximum Gasteiger partial charge on any atom is 0.342 e. The van der Waals surface area contributed by atoms with Crippen molar-refractivity contribution in [3.05, 3.63) is 27.8 Å². The van der Waals surface area contributed by atoms with Crippen LogP contribution >= 0.6 is 0 Å². The third kappa shape index (κ3) is 9.72. The van der Waals surface area contributed by atoms with Gasteiger partial charge in [0.05, 0.1) is 5.56 Å². The molecule has 1 rings (SSSR count). The third-order valence-electron chi connectivity index (χ3n) is 4.88. The van der Waals surface area contributed by atoms with Gasteiger partial charge in [-0.15, -0.1) is 0 Å². The molecule has 144 valence electrons. The van der Waals surface area contributed by atoms with E-state index in [0.717, 1.165) is 38.5 Å². The van der Waals surface area contributed by atoms with Crippen LogP contribution in [0.2, 0.25) is 0 Å². The second kappa shape index (κ2) is 14.0. The minimum absolute atomic E-state index is 0.124. The zero-order valence-corrected chi connectivity index (χ0v) is 16.4. The zero-order valence-electron chi connectivity index (χ0n) is 16.4. The molecule has 1 heterocycles. The van der Waals surface area contributed by atoms with Crippen LogP contribution in [0.15, 0.2) is 15.3 Å². The van der Waals surface area contributed by atoms with E-state index in [1.807, 2.05) is 0 Å². The lowest BCUT2D eigenvalue weighted by Crippen LogP contribution is -2.09. The largest absolute Gasteiger partial charge is 0.507 e. The van der Waals surface area contributed by atoms with Crippen LogP contribution in [0.25, 0.3) is 0 Å². The average Bonchev–Trinajstić information content (AvgIpc) is 2.59. The Hall–Kier alpha value is -1.25. The van der Waals surface area contributed by atoms with Gasteiger partial charge in [0.25, 0.3) is 0 Å². The van der Waals surface area contributed by atoms with Crippen molar-refractivity contribution < 1.29 is 9.52 Å². The van der Waals surface area contributed by atoms with E-state index in [1.165, 1.54) is 51.4 Å². The summed E-state index contributed by atoms with van der Waals surface area (Å²) in [5.74, 6) is 0.751. The summed E-state index contributed by atoms with van der Waals surface area (Å²) in [7, 11) is 0. The maximum absolute atomic E-state index is 12.1. The monoisotopic (exact) mass is 350 g/mol. The first-order valence-corrected chi connectivity index (χ1v) is 10.5. The molecule has 0 saturated heterocycles. The molecular weight excluding hydrogens is 312 g/mol. The van der Waals surface area contributed by atoms with Crippen molar-refractivity contribution in [1.82, 2.24) is 0 Å². The van der Waals surface area contributed by atoms with Crippen LogP contribution in [-0.4, -0.2) is 5.11 Å². The lowest BCUT2D eigenvalue weighted by molar-refractivity contribution is 0.405. The quantitative estimate of drug-likeness (QED) is 0.365. The molecule has 3 nitrogen and oxygen atoms in total. The molecule has 1 N–H and O–H groups in total. The van der Waals surface area contributed by atoms with Crippen LogP contribution in [0.4, 0.5) is 0 Å². The summed E-state index contributed by atoms with van der Waals surface area (Å²) < 4.78 is 5.40. The van der Waals surface area contributed by atoms with Gasteiger partial charge in [0.2, 0.25) is 0 Å². The molecule has 0 bridgehead atoms. The molecule has 3 heteroatoms. The summed E-state index contributed by atoms with van der Waals surface area (Å²) in [4.78, 5) is 12.1. The van der Waals surface area contributed by atoms with Crippen LogP contribution in [0.1, 0.15) is 109 Å². The predicted molar refractivity (Wildman–Crippen MR) is 105 cm³/mol. The lowest BCUT2D eigenvalue weighted by Gasteiger charge is -2.06. The number of unbranched alkanes of at least 4 members (excludes halogenated alkanes) is 11. The topological polar surface area (TPSA) is 50.4 Å². The van der Waals surface area contributed by atoms with Gasteiger partial charge in [0, 0.05) is 12.5 Å². The summed E-state index contributed by atoms with van der Waals surface area (Å²) in [5, 5.41) is 10.1. The fourth-order valence-corrected chi connectivity index (χ4v) is 3.25. The zero-order chi connectivity index (χ0) is 18.3. The lowest BCUT2D eigenvalue weighted by atomic mass is 10.0. The molecule has 0 aromatic carbocycles. The first-order chi connectivity index (χ1) is 12.2. The van der Waals surface area contributed by atoms with E-state index in [9.17, 15) is 9.90 Å². The summed E-state index contributed by atoms with van der Waals surface area (Å²) in [5.41, 5.74) is 0.106. The molecule has 1 aromatic rings. The number of aryl methyl sites for hydroxylation is 1. The highest BCUT2D eigenvalue weighted by Crippen LogP contribution is 2.19. The highest BCUT2D eigenvalue weighted by molar-refractivity contribution is 5.30. The van der Waals surface area contributed by atoms with Crippen LogP contribution in [-0.2, 0) is 12.8 Å². The Morgan fingerprint density at radius 2 is 1.24 bits per heavy atom. The molecule has 0 spiro atoms. The van der Waals surface area contributed by atoms with Gasteiger partial charge in [-0.3, -0.25) is 0 Å². The summed E-state index contributed by atoms with van der Waals surface area (Å²) in [6.45, 7) is 4.41. The molecule has 25 heavy (non-hydrogen) atoms. The fraction of sp³-hybridized carbons (Fsp3) is 0.773. The summed E-state index contributed by atoms with van der Waals surface area (Å²) >= 11 is 0. The number of hydrogen-bond donors (Lipinski definition) is 1. The third-order valence-corrected chi connectivity index (χ3v) is 4.88. The van der Waals surface area contributed by atoms with Gasteiger partial charge >= 0.3 is 5.63 Å². The SMILES string of the molecule is CCCCCCCCCCCc1cc(O)c(CCCCCC)c(=O)o1. The number of aromatic hydroxyl groups is 1. The molecule has 0 atom stereocenters. The van der Waals surface area contributed by atoms with Gasteiger partial charge in [-0.05, 0) is 19.3 Å². The minimum Gasteiger partial charge on any atom is -0.507 e. The molecule has 0 aliphatic rings. The Morgan fingerprint density at radius 1 is 0.760 bits per heavy atom. The van der Waals surface area contributed by atoms with Crippen molar-refractivity contribution in [2.24, 2.45) is 0 Å². The first-order valence-electron chi connectivity index (χ1n) is 10.5. The molecule has 0 radical (unpaired) electrons. The predicted octanol–water partition coefficient (Wildman–Crippen LogP) is 6.54. The number of hydrogen-bond acceptors (Lipinski definition) is 3. The van der Waals surface area contributed by atoms with E-state index in [-0.39, 0.29) is 11.4 Å². The molecule has 0 saturated carbocycles. The average molecular weight is 351 g/mol.